The molecule has 0 aliphatic rings. The first kappa shape index (κ1) is 18.2. The van der Waals surface area contributed by atoms with E-state index < -0.39 is 12.0 Å². The van der Waals surface area contributed by atoms with E-state index in [0.29, 0.717) is 24.7 Å². The maximum Gasteiger partial charge on any atom is 0.326 e. The van der Waals surface area contributed by atoms with E-state index in [-0.39, 0.29) is 5.91 Å². The summed E-state index contributed by atoms with van der Waals surface area (Å²) in [5, 5.41) is 11.3. The third kappa shape index (κ3) is 12.0. The standard InChI is InChI=1S/C13H25NO4S/c1-10(2)4-6-18-7-9-19-8-5-12(13(16)17)14-11(3)15/h10,12H,4-9H2,1-3H3,(H,14,15)(H,16,17). The van der Waals surface area contributed by atoms with Gasteiger partial charge in [0.2, 0.25) is 5.91 Å². The number of carboxylic acids is 1. The van der Waals surface area contributed by atoms with Crippen molar-refractivity contribution in [2.75, 3.05) is 24.7 Å². The Morgan fingerprint density at radius 3 is 2.42 bits per heavy atom. The molecule has 2 N–H and O–H groups in total. The third-order valence-corrected chi connectivity index (χ3v) is 3.42. The van der Waals surface area contributed by atoms with Crippen LogP contribution >= 0.6 is 11.8 Å². The molecule has 0 aliphatic carbocycles. The van der Waals surface area contributed by atoms with Gasteiger partial charge in [0.05, 0.1) is 6.61 Å². The Hall–Kier alpha value is -0.750. The van der Waals surface area contributed by atoms with Crippen LogP contribution in [0.15, 0.2) is 0 Å². The molecular weight excluding hydrogens is 266 g/mol. The van der Waals surface area contributed by atoms with Crippen LogP contribution in [0.25, 0.3) is 0 Å². The topological polar surface area (TPSA) is 75.6 Å². The molecule has 0 aromatic rings. The molecule has 0 aromatic carbocycles. The molecule has 1 amide bonds. The van der Waals surface area contributed by atoms with Crippen molar-refractivity contribution in [3.63, 3.8) is 0 Å². The van der Waals surface area contributed by atoms with Crippen molar-refractivity contribution in [1.82, 2.24) is 5.32 Å². The Kier molecular flexibility index (Phi) is 10.7. The Balaban J connectivity index is 3.50. The number of aliphatic carboxylic acids is 1. The van der Waals surface area contributed by atoms with Gasteiger partial charge in [0, 0.05) is 19.3 Å². The lowest BCUT2D eigenvalue weighted by Gasteiger charge is -2.12. The number of rotatable bonds is 11. The molecular formula is C13H25NO4S. The zero-order chi connectivity index (χ0) is 14.7. The van der Waals surface area contributed by atoms with Crippen LogP contribution < -0.4 is 5.32 Å². The van der Waals surface area contributed by atoms with Crippen LogP contribution in [0.1, 0.15) is 33.6 Å². The molecule has 6 heteroatoms. The van der Waals surface area contributed by atoms with Gasteiger partial charge in [-0.15, -0.1) is 0 Å². The fraction of sp³-hybridized carbons (Fsp3) is 0.846. The van der Waals surface area contributed by atoms with Crippen LogP contribution in [0, 0.1) is 5.92 Å². The van der Waals surface area contributed by atoms with E-state index in [1.54, 1.807) is 11.8 Å². The Labute approximate surface area is 119 Å². The first-order valence-corrected chi connectivity index (χ1v) is 7.74. The third-order valence-electron chi connectivity index (χ3n) is 2.44. The minimum absolute atomic E-state index is 0.311. The SMILES string of the molecule is CC(=O)NC(CCSCCOCCC(C)C)C(=O)O. The zero-order valence-corrected chi connectivity index (χ0v) is 12.8. The van der Waals surface area contributed by atoms with Gasteiger partial charge in [0.25, 0.3) is 0 Å². The number of thioether (sulfide) groups is 1. The Morgan fingerprint density at radius 2 is 1.89 bits per heavy atom. The van der Waals surface area contributed by atoms with Gasteiger partial charge in [-0.1, -0.05) is 13.8 Å². The molecule has 0 rings (SSSR count). The second kappa shape index (κ2) is 11.1. The normalized spacial score (nSPS) is 12.4. The summed E-state index contributed by atoms with van der Waals surface area (Å²) in [5.41, 5.74) is 0. The van der Waals surface area contributed by atoms with E-state index in [9.17, 15) is 9.59 Å². The molecule has 112 valence electrons. The fourth-order valence-electron chi connectivity index (χ4n) is 1.34. The van der Waals surface area contributed by atoms with E-state index in [2.05, 4.69) is 19.2 Å². The van der Waals surface area contributed by atoms with Crippen molar-refractivity contribution < 1.29 is 19.4 Å². The Bertz CT molecular complexity index is 271. The summed E-state index contributed by atoms with van der Waals surface area (Å²) in [7, 11) is 0. The maximum atomic E-state index is 10.9. The van der Waals surface area contributed by atoms with Gasteiger partial charge in [0.15, 0.2) is 0 Å². The minimum Gasteiger partial charge on any atom is -0.480 e. The molecule has 0 bridgehead atoms. The number of nitrogens with one attached hydrogen (secondary N) is 1. The molecule has 0 saturated heterocycles. The highest BCUT2D eigenvalue weighted by Gasteiger charge is 2.17. The average molecular weight is 291 g/mol. The number of hydrogen-bond acceptors (Lipinski definition) is 4. The quantitative estimate of drug-likeness (QED) is 0.567. The van der Waals surface area contributed by atoms with Gasteiger partial charge in [-0.25, -0.2) is 4.79 Å². The lowest BCUT2D eigenvalue weighted by molar-refractivity contribution is -0.141. The Morgan fingerprint density at radius 1 is 1.21 bits per heavy atom. The fourth-order valence-corrected chi connectivity index (χ4v) is 2.19. The number of ether oxygens (including phenoxy) is 1. The van der Waals surface area contributed by atoms with Crippen LogP contribution in [0.3, 0.4) is 0 Å². The van der Waals surface area contributed by atoms with E-state index in [0.717, 1.165) is 18.8 Å². The molecule has 0 aromatic heterocycles. The van der Waals surface area contributed by atoms with Crippen molar-refractivity contribution >= 4 is 23.6 Å². The molecule has 0 aliphatic heterocycles. The van der Waals surface area contributed by atoms with Crippen LogP contribution in [0.4, 0.5) is 0 Å². The molecule has 19 heavy (non-hydrogen) atoms. The molecule has 5 nitrogen and oxygen atoms in total. The molecule has 1 unspecified atom stereocenters. The first-order valence-electron chi connectivity index (χ1n) is 6.59. The van der Waals surface area contributed by atoms with E-state index >= 15 is 0 Å². The maximum absolute atomic E-state index is 10.9. The first-order chi connectivity index (χ1) is 8.93. The molecule has 0 fully saturated rings. The van der Waals surface area contributed by atoms with E-state index in [4.69, 9.17) is 9.84 Å². The van der Waals surface area contributed by atoms with Crippen molar-refractivity contribution in [1.29, 1.82) is 0 Å². The van der Waals surface area contributed by atoms with Gasteiger partial charge >= 0.3 is 5.97 Å². The zero-order valence-electron chi connectivity index (χ0n) is 12.0. The van der Waals surface area contributed by atoms with E-state index in [1.807, 2.05) is 0 Å². The summed E-state index contributed by atoms with van der Waals surface area (Å²) >= 11 is 1.65. The van der Waals surface area contributed by atoms with Crippen LogP contribution in [-0.4, -0.2) is 47.7 Å². The summed E-state index contributed by atoms with van der Waals surface area (Å²) in [4.78, 5) is 21.7. The lowest BCUT2D eigenvalue weighted by atomic mass is 10.1. The number of carboxylic acid groups (broad SMARTS) is 1. The summed E-state index contributed by atoms with van der Waals surface area (Å²) in [6, 6.07) is -0.785. The number of amides is 1. The molecule has 0 radical (unpaired) electrons. The largest absolute Gasteiger partial charge is 0.480 e. The van der Waals surface area contributed by atoms with Gasteiger partial charge in [-0.05, 0) is 24.5 Å². The van der Waals surface area contributed by atoms with Crippen molar-refractivity contribution in [2.24, 2.45) is 5.92 Å². The van der Waals surface area contributed by atoms with Crippen molar-refractivity contribution in [3.8, 4) is 0 Å². The molecule has 1 atom stereocenters. The van der Waals surface area contributed by atoms with Crippen molar-refractivity contribution in [2.45, 2.75) is 39.7 Å². The number of carbonyl (C=O) groups is 2. The van der Waals surface area contributed by atoms with E-state index in [1.165, 1.54) is 6.92 Å². The lowest BCUT2D eigenvalue weighted by Crippen LogP contribution is -2.39. The highest BCUT2D eigenvalue weighted by Crippen LogP contribution is 2.06. The monoisotopic (exact) mass is 291 g/mol. The summed E-state index contributed by atoms with van der Waals surface area (Å²) in [6.45, 7) is 7.11. The van der Waals surface area contributed by atoms with Crippen molar-refractivity contribution in [3.05, 3.63) is 0 Å². The average Bonchev–Trinajstić information content (AvgIpc) is 2.29. The van der Waals surface area contributed by atoms with Crippen LogP contribution in [-0.2, 0) is 14.3 Å². The highest BCUT2D eigenvalue weighted by atomic mass is 32.2. The van der Waals surface area contributed by atoms with Gasteiger partial charge in [-0.3, -0.25) is 4.79 Å². The van der Waals surface area contributed by atoms with Crippen LogP contribution in [0.5, 0.6) is 0 Å². The van der Waals surface area contributed by atoms with Gasteiger partial charge in [-0.2, -0.15) is 11.8 Å². The van der Waals surface area contributed by atoms with Gasteiger partial charge < -0.3 is 15.2 Å². The predicted molar refractivity (Wildman–Crippen MR) is 77.5 cm³/mol. The predicted octanol–water partition coefficient (Wildman–Crippen LogP) is 1.76. The summed E-state index contributed by atoms with van der Waals surface area (Å²) < 4.78 is 5.46. The summed E-state index contributed by atoms with van der Waals surface area (Å²) in [6.07, 6.45) is 1.50. The number of carbonyl (C=O) groups excluding carboxylic acids is 1. The summed E-state index contributed by atoms with van der Waals surface area (Å²) in [5.74, 6) is 0.912. The smallest absolute Gasteiger partial charge is 0.326 e. The molecule has 0 saturated carbocycles. The second-order valence-corrected chi connectivity index (χ2v) is 6.01. The highest BCUT2D eigenvalue weighted by molar-refractivity contribution is 7.99. The molecule has 0 spiro atoms. The number of hydrogen-bond donors (Lipinski definition) is 2. The second-order valence-electron chi connectivity index (χ2n) is 4.79. The molecule has 0 heterocycles. The minimum atomic E-state index is -0.982. The van der Waals surface area contributed by atoms with Gasteiger partial charge in [0.1, 0.15) is 6.04 Å². The van der Waals surface area contributed by atoms with Crippen LogP contribution in [0.2, 0.25) is 0 Å².